The average molecular weight is 407 g/mol. The second-order valence-electron chi connectivity index (χ2n) is 5.54. The maximum Gasteiger partial charge on any atom is 0.490 e. The number of halogens is 6. The van der Waals surface area contributed by atoms with Crippen molar-refractivity contribution in [3.05, 3.63) is 59.7 Å². The molecular formula is C18H15F6NO3. The van der Waals surface area contributed by atoms with Gasteiger partial charge >= 0.3 is 18.3 Å². The Morgan fingerprint density at radius 1 is 0.821 bits per heavy atom. The lowest BCUT2D eigenvalue weighted by molar-refractivity contribution is -0.192. The van der Waals surface area contributed by atoms with Crippen molar-refractivity contribution in [1.29, 1.82) is 0 Å². The number of carbonyl (C=O) groups excluding carboxylic acids is 1. The molecule has 0 spiro atoms. The lowest BCUT2D eigenvalue weighted by atomic mass is 10.0. The highest BCUT2D eigenvalue weighted by molar-refractivity contribution is 5.74. The molecule has 0 bridgehead atoms. The first kappa shape index (κ1) is 23.0. The van der Waals surface area contributed by atoms with E-state index in [1.165, 1.54) is 12.1 Å². The fourth-order valence-electron chi connectivity index (χ4n) is 1.98. The third-order valence-corrected chi connectivity index (χ3v) is 3.40. The summed E-state index contributed by atoms with van der Waals surface area (Å²) in [7, 11) is 0. The van der Waals surface area contributed by atoms with Crippen LogP contribution in [0.25, 0.3) is 11.1 Å². The number of rotatable bonds is 4. The smallest absolute Gasteiger partial charge is 0.475 e. The Hall–Kier alpha value is -3.04. The van der Waals surface area contributed by atoms with Crippen molar-refractivity contribution < 1.29 is 41.0 Å². The van der Waals surface area contributed by atoms with Crippen LogP contribution in [0.4, 0.5) is 26.3 Å². The monoisotopic (exact) mass is 407 g/mol. The molecule has 0 fully saturated rings. The number of aliphatic carboxylic acids is 1. The Morgan fingerprint density at radius 3 is 1.54 bits per heavy atom. The Kier molecular flexibility index (Phi) is 7.60. The summed E-state index contributed by atoms with van der Waals surface area (Å²) in [5, 5.41) is 7.12. The highest BCUT2D eigenvalue weighted by Gasteiger charge is 2.38. The summed E-state index contributed by atoms with van der Waals surface area (Å²) in [6.07, 6.45) is -8.57. The third-order valence-electron chi connectivity index (χ3n) is 3.40. The molecule has 0 saturated heterocycles. The first-order chi connectivity index (χ1) is 12.8. The Bertz CT molecular complexity index is 796. The first-order valence-corrected chi connectivity index (χ1v) is 7.65. The van der Waals surface area contributed by atoms with E-state index in [1.807, 2.05) is 24.3 Å². The van der Waals surface area contributed by atoms with Crippen molar-refractivity contribution >= 4 is 11.9 Å². The van der Waals surface area contributed by atoms with E-state index in [0.717, 1.165) is 23.3 Å². The molecule has 0 atom stereocenters. The van der Waals surface area contributed by atoms with Crippen LogP contribution in [0.2, 0.25) is 0 Å². The molecule has 2 aromatic rings. The molecular weight excluding hydrogens is 392 g/mol. The van der Waals surface area contributed by atoms with Crippen molar-refractivity contribution in [2.24, 2.45) is 5.73 Å². The van der Waals surface area contributed by atoms with Crippen molar-refractivity contribution in [2.75, 3.05) is 0 Å². The number of hydrogen-bond donors (Lipinski definition) is 2. The van der Waals surface area contributed by atoms with Crippen molar-refractivity contribution in [1.82, 2.24) is 0 Å². The molecule has 0 aliphatic heterocycles. The Labute approximate surface area is 155 Å². The van der Waals surface area contributed by atoms with Crippen LogP contribution in [-0.2, 0) is 22.2 Å². The van der Waals surface area contributed by atoms with Gasteiger partial charge in [-0.2, -0.15) is 26.3 Å². The Balaban J connectivity index is 0.000000480. The van der Waals surface area contributed by atoms with E-state index >= 15 is 0 Å². The fourth-order valence-corrected chi connectivity index (χ4v) is 1.98. The van der Waals surface area contributed by atoms with E-state index in [4.69, 9.17) is 15.6 Å². The highest BCUT2D eigenvalue weighted by atomic mass is 19.4. The van der Waals surface area contributed by atoms with E-state index < -0.39 is 23.9 Å². The van der Waals surface area contributed by atoms with E-state index in [9.17, 15) is 31.1 Å². The SMILES string of the molecule is NC(=O)CCc1ccc(-c2ccc(C(F)(F)F)cc2)cc1.O=C(O)C(F)(F)F. The summed E-state index contributed by atoms with van der Waals surface area (Å²) in [5.74, 6) is -3.12. The van der Waals surface area contributed by atoms with Crippen molar-refractivity contribution in [3.8, 4) is 11.1 Å². The van der Waals surface area contributed by atoms with Gasteiger partial charge in [-0.15, -0.1) is 0 Å². The molecule has 0 heterocycles. The highest BCUT2D eigenvalue weighted by Crippen LogP contribution is 2.31. The minimum absolute atomic E-state index is 0.277. The van der Waals surface area contributed by atoms with Crippen molar-refractivity contribution in [3.63, 3.8) is 0 Å². The molecule has 0 aliphatic carbocycles. The summed E-state index contributed by atoms with van der Waals surface area (Å²) in [6.45, 7) is 0. The quantitative estimate of drug-likeness (QED) is 0.737. The average Bonchev–Trinajstić information content (AvgIpc) is 2.59. The molecule has 2 rings (SSSR count). The summed E-state index contributed by atoms with van der Waals surface area (Å²) in [4.78, 5) is 19.6. The number of nitrogens with two attached hydrogens (primary N) is 1. The number of carbonyl (C=O) groups is 2. The summed E-state index contributed by atoms with van der Waals surface area (Å²) < 4.78 is 69.2. The van der Waals surface area contributed by atoms with Gasteiger partial charge in [0.15, 0.2) is 0 Å². The maximum atomic E-state index is 12.5. The molecule has 0 aliphatic rings. The van der Waals surface area contributed by atoms with Gasteiger partial charge in [-0.25, -0.2) is 4.79 Å². The molecule has 2 aromatic carbocycles. The predicted molar refractivity (Wildman–Crippen MR) is 88.1 cm³/mol. The van der Waals surface area contributed by atoms with E-state index in [1.54, 1.807) is 0 Å². The number of carboxylic acid groups (broad SMARTS) is 1. The van der Waals surface area contributed by atoms with Crippen LogP contribution in [-0.4, -0.2) is 23.2 Å². The molecule has 0 unspecified atom stereocenters. The van der Waals surface area contributed by atoms with Gasteiger partial charge in [0.25, 0.3) is 0 Å². The number of primary amides is 1. The van der Waals surface area contributed by atoms with Gasteiger partial charge in [0.1, 0.15) is 0 Å². The first-order valence-electron chi connectivity index (χ1n) is 7.65. The van der Waals surface area contributed by atoms with Crippen LogP contribution in [0.15, 0.2) is 48.5 Å². The topological polar surface area (TPSA) is 80.4 Å². The zero-order valence-electron chi connectivity index (χ0n) is 14.1. The summed E-state index contributed by atoms with van der Waals surface area (Å²) in [5.41, 5.74) is 6.92. The number of benzene rings is 2. The molecule has 28 heavy (non-hydrogen) atoms. The number of aryl methyl sites for hydroxylation is 1. The second-order valence-corrected chi connectivity index (χ2v) is 5.54. The number of alkyl halides is 6. The zero-order chi connectivity index (χ0) is 21.5. The van der Waals surface area contributed by atoms with E-state index in [0.29, 0.717) is 12.0 Å². The largest absolute Gasteiger partial charge is 0.490 e. The number of carboxylic acids is 1. The molecule has 1 amide bonds. The predicted octanol–water partition coefficient (Wildman–Crippen LogP) is 4.42. The minimum Gasteiger partial charge on any atom is -0.475 e. The second kappa shape index (κ2) is 9.25. The standard InChI is InChI=1S/C16H14F3NO.C2HF3O2/c17-16(18,19)14-8-6-13(7-9-14)12-4-1-11(2-5-12)3-10-15(20)21;3-2(4,5)1(6)7/h1-2,4-9H,3,10H2,(H2,20,21);(H,6,7). The van der Waals surface area contributed by atoms with E-state index in [-0.39, 0.29) is 12.3 Å². The van der Waals surface area contributed by atoms with Gasteiger partial charge in [0, 0.05) is 6.42 Å². The third kappa shape index (κ3) is 7.68. The summed E-state index contributed by atoms with van der Waals surface area (Å²) >= 11 is 0. The normalized spacial score (nSPS) is 11.4. The fraction of sp³-hybridized carbons (Fsp3) is 0.222. The van der Waals surface area contributed by atoms with Gasteiger partial charge in [-0.05, 0) is 35.2 Å². The molecule has 3 N–H and O–H groups in total. The van der Waals surface area contributed by atoms with Crippen LogP contribution in [0.5, 0.6) is 0 Å². The minimum atomic E-state index is -5.08. The van der Waals surface area contributed by atoms with Gasteiger partial charge < -0.3 is 10.8 Å². The van der Waals surface area contributed by atoms with E-state index in [2.05, 4.69) is 0 Å². The van der Waals surface area contributed by atoms with Crippen molar-refractivity contribution in [2.45, 2.75) is 25.2 Å². The maximum absolute atomic E-state index is 12.5. The van der Waals surface area contributed by atoms with Crippen LogP contribution in [0, 0.1) is 0 Å². The molecule has 152 valence electrons. The van der Waals surface area contributed by atoms with Gasteiger partial charge in [0.05, 0.1) is 5.56 Å². The number of hydrogen-bond acceptors (Lipinski definition) is 2. The molecule has 4 nitrogen and oxygen atoms in total. The zero-order valence-corrected chi connectivity index (χ0v) is 14.1. The van der Waals surface area contributed by atoms with Gasteiger partial charge in [0.2, 0.25) is 5.91 Å². The van der Waals surface area contributed by atoms with Crippen LogP contribution in [0.3, 0.4) is 0 Å². The van der Waals surface area contributed by atoms with Crippen LogP contribution in [0.1, 0.15) is 17.5 Å². The molecule has 10 heteroatoms. The lowest BCUT2D eigenvalue weighted by Crippen LogP contribution is -2.21. The van der Waals surface area contributed by atoms with Gasteiger partial charge in [-0.1, -0.05) is 36.4 Å². The lowest BCUT2D eigenvalue weighted by Gasteiger charge is -2.08. The van der Waals surface area contributed by atoms with Crippen LogP contribution >= 0.6 is 0 Å². The molecule has 0 radical (unpaired) electrons. The number of amides is 1. The molecule has 0 aromatic heterocycles. The Morgan fingerprint density at radius 2 is 1.21 bits per heavy atom. The summed E-state index contributed by atoms with van der Waals surface area (Å²) in [6, 6.07) is 12.3. The van der Waals surface area contributed by atoms with Crippen LogP contribution < -0.4 is 5.73 Å². The van der Waals surface area contributed by atoms with Gasteiger partial charge in [-0.3, -0.25) is 4.79 Å². The molecule has 0 saturated carbocycles.